The van der Waals surface area contributed by atoms with Crippen molar-refractivity contribution in [3.05, 3.63) is 23.3 Å². The van der Waals surface area contributed by atoms with Gasteiger partial charge in [-0.25, -0.2) is 9.97 Å². The highest BCUT2D eigenvalue weighted by Gasteiger charge is 2.31. The second-order valence-corrected chi connectivity index (χ2v) is 4.98. The van der Waals surface area contributed by atoms with Crippen molar-refractivity contribution in [2.24, 2.45) is 7.05 Å². The van der Waals surface area contributed by atoms with Gasteiger partial charge in [0.2, 0.25) is 0 Å². The molecule has 0 spiro atoms. The second kappa shape index (κ2) is 3.81. The van der Waals surface area contributed by atoms with Crippen LogP contribution in [0.3, 0.4) is 0 Å². The van der Waals surface area contributed by atoms with E-state index in [0.717, 1.165) is 11.3 Å². The quantitative estimate of drug-likeness (QED) is 0.630. The molecular weight excluding hydrogens is 272 g/mol. The number of nitrogens with zero attached hydrogens (tertiary/aromatic N) is 4. The van der Waals surface area contributed by atoms with Crippen LogP contribution in [-0.4, -0.2) is 25.6 Å². The maximum atomic E-state index is 12.2. The van der Waals surface area contributed by atoms with E-state index in [2.05, 4.69) is 20.4 Å². The number of amides is 1. The van der Waals surface area contributed by atoms with Gasteiger partial charge in [0.05, 0.1) is 11.9 Å². The molecule has 1 amide bonds. The fraction of sp³-hybridized carbons (Fsp3) is 0.231. The molecule has 0 fully saturated rings. The zero-order chi connectivity index (χ0) is 14.7. The van der Waals surface area contributed by atoms with Crippen molar-refractivity contribution in [2.75, 3.05) is 5.73 Å². The summed E-state index contributed by atoms with van der Waals surface area (Å²) in [4.78, 5) is 20.5. The van der Waals surface area contributed by atoms with Crippen molar-refractivity contribution in [2.45, 2.75) is 13.5 Å². The SMILES string of the molecule is Cc1onc2c1C(=O)NCc1c-2c2c(N)ncnc2n1C. The van der Waals surface area contributed by atoms with E-state index in [1.165, 1.54) is 6.33 Å². The van der Waals surface area contributed by atoms with Crippen LogP contribution < -0.4 is 11.1 Å². The van der Waals surface area contributed by atoms with Gasteiger partial charge in [-0.2, -0.15) is 0 Å². The lowest BCUT2D eigenvalue weighted by Gasteiger charge is -2.04. The third kappa shape index (κ3) is 1.38. The Kier molecular flexibility index (Phi) is 2.16. The molecule has 4 heterocycles. The Bertz CT molecular complexity index is 907. The molecule has 0 atom stereocenters. The minimum atomic E-state index is -0.205. The first kappa shape index (κ1) is 11.9. The van der Waals surface area contributed by atoms with E-state index in [1.807, 2.05) is 11.6 Å². The third-order valence-corrected chi connectivity index (χ3v) is 3.86. The summed E-state index contributed by atoms with van der Waals surface area (Å²) in [6.07, 6.45) is 1.42. The zero-order valence-corrected chi connectivity index (χ0v) is 11.5. The molecule has 1 aliphatic rings. The van der Waals surface area contributed by atoms with Crippen molar-refractivity contribution >= 4 is 22.8 Å². The number of nitrogens with two attached hydrogens (primary N) is 1. The summed E-state index contributed by atoms with van der Waals surface area (Å²) in [6.45, 7) is 2.08. The Balaban J connectivity index is 2.21. The first-order valence-corrected chi connectivity index (χ1v) is 6.42. The van der Waals surface area contributed by atoms with Gasteiger partial charge in [0.15, 0.2) is 0 Å². The summed E-state index contributed by atoms with van der Waals surface area (Å²) >= 11 is 0. The highest BCUT2D eigenvalue weighted by Crippen LogP contribution is 2.39. The number of fused-ring (bicyclic) bond motifs is 5. The Hall–Kier alpha value is -2.90. The van der Waals surface area contributed by atoms with Crippen molar-refractivity contribution < 1.29 is 9.32 Å². The van der Waals surface area contributed by atoms with E-state index >= 15 is 0 Å². The van der Waals surface area contributed by atoms with Crippen molar-refractivity contribution in [3.8, 4) is 11.3 Å². The topological polar surface area (TPSA) is 112 Å². The average Bonchev–Trinajstić information content (AvgIpc) is 2.91. The van der Waals surface area contributed by atoms with E-state index in [1.54, 1.807) is 6.92 Å². The number of anilines is 1. The molecule has 0 aromatic carbocycles. The van der Waals surface area contributed by atoms with Crippen molar-refractivity contribution in [3.63, 3.8) is 0 Å². The van der Waals surface area contributed by atoms with E-state index < -0.39 is 0 Å². The highest BCUT2D eigenvalue weighted by atomic mass is 16.5. The van der Waals surface area contributed by atoms with Gasteiger partial charge in [0.25, 0.3) is 5.91 Å². The summed E-state index contributed by atoms with van der Waals surface area (Å²) < 4.78 is 7.09. The number of carbonyl (C=O) groups excluding carboxylic acids is 1. The number of hydrogen-bond donors (Lipinski definition) is 2. The fourth-order valence-corrected chi connectivity index (χ4v) is 2.85. The first-order valence-electron chi connectivity index (χ1n) is 6.42. The van der Waals surface area contributed by atoms with Gasteiger partial charge in [-0.1, -0.05) is 5.16 Å². The Labute approximate surface area is 118 Å². The molecule has 1 aliphatic heterocycles. The molecule has 21 heavy (non-hydrogen) atoms. The monoisotopic (exact) mass is 284 g/mol. The number of nitrogen functional groups attached to an aromatic ring is 1. The first-order chi connectivity index (χ1) is 10.1. The van der Waals surface area contributed by atoms with Crippen LogP contribution in [0.5, 0.6) is 0 Å². The second-order valence-electron chi connectivity index (χ2n) is 4.98. The summed E-state index contributed by atoms with van der Waals surface area (Å²) in [5.74, 6) is 0.629. The van der Waals surface area contributed by atoms with Gasteiger partial charge in [0.1, 0.15) is 34.8 Å². The third-order valence-electron chi connectivity index (χ3n) is 3.86. The van der Waals surface area contributed by atoms with Gasteiger partial charge >= 0.3 is 0 Å². The van der Waals surface area contributed by atoms with Gasteiger partial charge in [-0.15, -0.1) is 0 Å². The number of aryl methyl sites for hydroxylation is 2. The molecular formula is C13H12N6O2. The molecule has 8 nitrogen and oxygen atoms in total. The van der Waals surface area contributed by atoms with Gasteiger partial charge in [-0.05, 0) is 6.92 Å². The molecule has 106 valence electrons. The summed E-state index contributed by atoms with van der Waals surface area (Å²) in [5, 5.41) is 7.60. The maximum absolute atomic E-state index is 12.2. The number of hydrogen-bond acceptors (Lipinski definition) is 6. The molecule has 0 radical (unpaired) electrons. The molecule has 0 bridgehead atoms. The molecule has 3 N–H and O–H groups in total. The van der Waals surface area contributed by atoms with Crippen LogP contribution in [0.1, 0.15) is 21.8 Å². The summed E-state index contributed by atoms with van der Waals surface area (Å²) in [6, 6.07) is 0. The zero-order valence-electron chi connectivity index (χ0n) is 11.5. The molecule has 0 saturated carbocycles. The van der Waals surface area contributed by atoms with Crippen LogP contribution >= 0.6 is 0 Å². The van der Waals surface area contributed by atoms with E-state index in [9.17, 15) is 4.79 Å². The molecule has 8 heteroatoms. The summed E-state index contributed by atoms with van der Waals surface area (Å²) in [5.41, 5.74) is 9.28. The minimum Gasteiger partial charge on any atom is -0.383 e. The van der Waals surface area contributed by atoms with Crippen LogP contribution in [0, 0.1) is 6.92 Å². The lowest BCUT2D eigenvalue weighted by Crippen LogP contribution is -2.22. The van der Waals surface area contributed by atoms with E-state index in [4.69, 9.17) is 10.3 Å². The largest absolute Gasteiger partial charge is 0.383 e. The molecule has 3 aromatic heterocycles. The van der Waals surface area contributed by atoms with Crippen LogP contribution in [0.15, 0.2) is 10.9 Å². The molecule has 0 unspecified atom stereocenters. The van der Waals surface area contributed by atoms with Crippen molar-refractivity contribution in [1.29, 1.82) is 0 Å². The Morgan fingerprint density at radius 2 is 2.19 bits per heavy atom. The normalized spacial score (nSPS) is 13.7. The van der Waals surface area contributed by atoms with Gasteiger partial charge in [-0.3, -0.25) is 4.79 Å². The number of rotatable bonds is 0. The predicted molar refractivity (Wildman–Crippen MR) is 74.3 cm³/mol. The highest BCUT2D eigenvalue weighted by molar-refractivity contribution is 6.09. The lowest BCUT2D eigenvalue weighted by molar-refractivity contribution is 0.0950. The predicted octanol–water partition coefficient (Wildman–Crippen LogP) is 0.757. The van der Waals surface area contributed by atoms with Crippen molar-refractivity contribution in [1.82, 2.24) is 25.0 Å². The van der Waals surface area contributed by atoms with Crippen LogP contribution in [0.25, 0.3) is 22.3 Å². The molecule has 3 aromatic rings. The van der Waals surface area contributed by atoms with Crippen LogP contribution in [0.4, 0.5) is 5.82 Å². The number of carbonyl (C=O) groups is 1. The maximum Gasteiger partial charge on any atom is 0.257 e. The van der Waals surface area contributed by atoms with Crippen LogP contribution in [-0.2, 0) is 13.6 Å². The molecule has 0 aliphatic carbocycles. The number of nitrogens with one attached hydrogen (secondary N) is 1. The number of aromatic nitrogens is 4. The lowest BCUT2D eigenvalue weighted by atomic mass is 10.0. The van der Waals surface area contributed by atoms with Gasteiger partial charge < -0.3 is 20.1 Å². The average molecular weight is 284 g/mol. The Morgan fingerprint density at radius 1 is 1.38 bits per heavy atom. The minimum absolute atomic E-state index is 0.205. The van der Waals surface area contributed by atoms with Gasteiger partial charge in [0, 0.05) is 18.3 Å². The van der Waals surface area contributed by atoms with E-state index in [-0.39, 0.29) is 5.91 Å². The molecule has 0 saturated heterocycles. The molecule has 4 rings (SSSR count). The fourth-order valence-electron chi connectivity index (χ4n) is 2.85. The van der Waals surface area contributed by atoms with Crippen LogP contribution in [0.2, 0.25) is 0 Å². The smallest absolute Gasteiger partial charge is 0.257 e. The standard InChI is InChI=1S/C13H12N6O2/c1-5-7-10(18-21-5)8-6(3-15-13(7)20)19(2)12-9(8)11(14)16-4-17-12/h4H,3H2,1-2H3,(H,15,20)(H2,14,16,17). The summed E-state index contributed by atoms with van der Waals surface area (Å²) in [7, 11) is 1.87. The van der Waals surface area contributed by atoms with E-state index in [0.29, 0.717) is 40.4 Å². The Morgan fingerprint density at radius 3 is 3.00 bits per heavy atom.